The van der Waals surface area contributed by atoms with Crippen molar-refractivity contribution in [2.75, 3.05) is 18.8 Å². The number of rotatable bonds is 5. The molecule has 1 aliphatic carbocycles. The molecule has 0 radical (unpaired) electrons. The molecule has 0 unspecified atom stereocenters. The van der Waals surface area contributed by atoms with Crippen LogP contribution in [0.3, 0.4) is 0 Å². The molecule has 2 aliphatic rings. The van der Waals surface area contributed by atoms with E-state index in [1.165, 1.54) is 42.3 Å². The molecule has 2 N–H and O–H groups in total. The predicted molar refractivity (Wildman–Crippen MR) is 77.9 cm³/mol. The highest BCUT2D eigenvalue weighted by Gasteiger charge is 2.26. The van der Waals surface area contributed by atoms with Crippen LogP contribution in [-0.4, -0.2) is 50.9 Å². The van der Waals surface area contributed by atoms with Crippen LogP contribution in [0.1, 0.15) is 31.5 Å². The summed E-state index contributed by atoms with van der Waals surface area (Å²) in [6.45, 7) is 0.973. The minimum absolute atomic E-state index is 0.189. The van der Waals surface area contributed by atoms with Gasteiger partial charge in [0.15, 0.2) is 0 Å². The van der Waals surface area contributed by atoms with Crippen molar-refractivity contribution in [2.24, 2.45) is 5.92 Å². The third-order valence-electron chi connectivity index (χ3n) is 3.95. The maximum Gasteiger partial charge on any atom is 0.324 e. The van der Waals surface area contributed by atoms with E-state index in [1.807, 2.05) is 0 Å². The van der Waals surface area contributed by atoms with Gasteiger partial charge >= 0.3 is 6.03 Å². The Kier molecular flexibility index (Phi) is 4.42. The standard InChI is InChI=1S/C13H19N5O2S/c19-11(18-6-5-14-13(18)20)8-21-12-15-10(16-17-12)7-9-3-1-2-4-9/h9H,1-8H2,(H,14,20)(H,15,16,17). The highest BCUT2D eigenvalue weighted by molar-refractivity contribution is 7.99. The number of urea groups is 1. The van der Waals surface area contributed by atoms with Gasteiger partial charge in [0.25, 0.3) is 0 Å². The first-order valence-corrected chi connectivity index (χ1v) is 8.33. The molecule has 1 saturated heterocycles. The van der Waals surface area contributed by atoms with E-state index in [0.29, 0.717) is 24.2 Å². The van der Waals surface area contributed by atoms with Crippen molar-refractivity contribution >= 4 is 23.7 Å². The van der Waals surface area contributed by atoms with Gasteiger partial charge in [0.1, 0.15) is 5.82 Å². The van der Waals surface area contributed by atoms with E-state index in [-0.39, 0.29) is 17.7 Å². The molecular weight excluding hydrogens is 290 g/mol. The van der Waals surface area contributed by atoms with Crippen LogP contribution in [0.15, 0.2) is 5.16 Å². The molecule has 0 spiro atoms. The number of hydrogen-bond acceptors (Lipinski definition) is 5. The quantitative estimate of drug-likeness (QED) is 0.797. The summed E-state index contributed by atoms with van der Waals surface area (Å²) in [4.78, 5) is 28.9. The van der Waals surface area contributed by atoms with Crippen molar-refractivity contribution in [3.05, 3.63) is 5.82 Å². The first kappa shape index (κ1) is 14.4. The minimum Gasteiger partial charge on any atom is -0.336 e. The van der Waals surface area contributed by atoms with Gasteiger partial charge in [-0.1, -0.05) is 37.4 Å². The number of nitrogens with zero attached hydrogens (tertiary/aromatic N) is 3. The zero-order valence-corrected chi connectivity index (χ0v) is 12.6. The van der Waals surface area contributed by atoms with Gasteiger partial charge in [0.05, 0.1) is 5.75 Å². The van der Waals surface area contributed by atoms with Crippen LogP contribution >= 0.6 is 11.8 Å². The molecule has 0 atom stereocenters. The summed E-state index contributed by atoms with van der Waals surface area (Å²) < 4.78 is 0. The lowest BCUT2D eigenvalue weighted by molar-refractivity contribution is -0.124. The SMILES string of the molecule is O=C(CSc1n[nH]c(CC2CCCC2)n1)N1CCNC1=O. The Balaban J connectivity index is 1.48. The highest BCUT2D eigenvalue weighted by Crippen LogP contribution is 2.27. The van der Waals surface area contributed by atoms with Crippen LogP contribution in [0.5, 0.6) is 0 Å². The van der Waals surface area contributed by atoms with Crippen molar-refractivity contribution in [1.29, 1.82) is 0 Å². The molecule has 3 amide bonds. The Morgan fingerprint density at radius 2 is 2.19 bits per heavy atom. The molecule has 1 aromatic rings. The molecule has 21 heavy (non-hydrogen) atoms. The van der Waals surface area contributed by atoms with Gasteiger partial charge in [-0.2, -0.15) is 0 Å². The van der Waals surface area contributed by atoms with Gasteiger partial charge in [-0.3, -0.25) is 14.8 Å². The Morgan fingerprint density at radius 1 is 1.38 bits per heavy atom. The van der Waals surface area contributed by atoms with Crippen LogP contribution in [0.2, 0.25) is 0 Å². The second-order valence-corrected chi connectivity index (χ2v) is 6.43. The summed E-state index contributed by atoms with van der Waals surface area (Å²) in [6.07, 6.45) is 6.10. The van der Waals surface area contributed by atoms with Crippen molar-refractivity contribution in [2.45, 2.75) is 37.3 Å². The van der Waals surface area contributed by atoms with E-state index < -0.39 is 0 Å². The first-order chi connectivity index (χ1) is 10.2. The molecule has 1 aromatic heterocycles. The van der Waals surface area contributed by atoms with Crippen LogP contribution in [-0.2, 0) is 11.2 Å². The topological polar surface area (TPSA) is 91.0 Å². The molecular formula is C13H19N5O2S. The number of imide groups is 1. The number of hydrogen-bond donors (Lipinski definition) is 2. The van der Waals surface area contributed by atoms with Crippen LogP contribution < -0.4 is 5.32 Å². The summed E-state index contributed by atoms with van der Waals surface area (Å²) in [5.41, 5.74) is 0. The smallest absolute Gasteiger partial charge is 0.324 e. The summed E-state index contributed by atoms with van der Waals surface area (Å²) in [6, 6.07) is -0.308. The van der Waals surface area contributed by atoms with Gasteiger partial charge in [0, 0.05) is 19.5 Å². The number of thioether (sulfide) groups is 1. The maximum absolute atomic E-state index is 11.9. The number of amides is 3. The number of nitrogens with one attached hydrogen (secondary N) is 2. The first-order valence-electron chi connectivity index (χ1n) is 7.34. The minimum atomic E-state index is -0.308. The zero-order valence-electron chi connectivity index (χ0n) is 11.8. The monoisotopic (exact) mass is 309 g/mol. The van der Waals surface area contributed by atoms with E-state index in [2.05, 4.69) is 20.5 Å². The molecule has 2 heterocycles. The van der Waals surface area contributed by atoms with Crippen LogP contribution in [0.25, 0.3) is 0 Å². The van der Waals surface area contributed by atoms with Gasteiger partial charge in [-0.25, -0.2) is 9.78 Å². The molecule has 1 saturated carbocycles. The van der Waals surface area contributed by atoms with Crippen molar-refractivity contribution in [1.82, 2.24) is 25.4 Å². The Bertz CT molecular complexity index is 526. The fraction of sp³-hybridized carbons (Fsp3) is 0.692. The molecule has 8 heteroatoms. The molecule has 3 rings (SSSR count). The van der Waals surface area contributed by atoms with Crippen molar-refractivity contribution in [3.8, 4) is 0 Å². The third-order valence-corrected chi connectivity index (χ3v) is 4.78. The maximum atomic E-state index is 11.9. The van der Waals surface area contributed by atoms with Crippen molar-refractivity contribution < 1.29 is 9.59 Å². The lowest BCUT2D eigenvalue weighted by atomic mass is 10.0. The Morgan fingerprint density at radius 3 is 2.90 bits per heavy atom. The van der Waals surface area contributed by atoms with Crippen LogP contribution in [0.4, 0.5) is 4.79 Å². The van der Waals surface area contributed by atoms with Gasteiger partial charge in [0.2, 0.25) is 11.1 Å². The zero-order chi connectivity index (χ0) is 14.7. The molecule has 2 fully saturated rings. The van der Waals surface area contributed by atoms with E-state index in [0.717, 1.165) is 12.2 Å². The number of aromatic amines is 1. The molecule has 7 nitrogen and oxygen atoms in total. The predicted octanol–water partition coefficient (Wildman–Crippen LogP) is 1.18. The molecule has 0 aromatic carbocycles. The van der Waals surface area contributed by atoms with Gasteiger partial charge in [-0.05, 0) is 5.92 Å². The molecule has 114 valence electrons. The fourth-order valence-electron chi connectivity index (χ4n) is 2.84. The number of aromatic nitrogens is 3. The normalized spacial score (nSPS) is 19.2. The average Bonchev–Trinajstić information content (AvgIpc) is 3.19. The second-order valence-electron chi connectivity index (χ2n) is 5.49. The van der Waals surface area contributed by atoms with Gasteiger partial charge < -0.3 is 5.32 Å². The Hall–Kier alpha value is -1.57. The average molecular weight is 309 g/mol. The number of carbonyl (C=O) groups excluding carboxylic acids is 2. The van der Waals surface area contributed by atoms with E-state index in [1.54, 1.807) is 0 Å². The fourth-order valence-corrected chi connectivity index (χ4v) is 3.53. The van der Waals surface area contributed by atoms with Gasteiger partial charge in [-0.15, -0.1) is 5.10 Å². The third kappa shape index (κ3) is 3.55. The number of H-pyrrole nitrogens is 1. The molecule has 1 aliphatic heterocycles. The summed E-state index contributed by atoms with van der Waals surface area (Å²) in [5, 5.41) is 10.3. The lowest BCUT2D eigenvalue weighted by Crippen LogP contribution is -2.35. The van der Waals surface area contributed by atoms with Crippen LogP contribution in [0, 0.1) is 5.92 Å². The largest absolute Gasteiger partial charge is 0.336 e. The van der Waals surface area contributed by atoms with Crippen molar-refractivity contribution in [3.63, 3.8) is 0 Å². The molecule has 0 bridgehead atoms. The summed E-state index contributed by atoms with van der Waals surface area (Å²) >= 11 is 1.27. The second kappa shape index (κ2) is 6.46. The number of carbonyl (C=O) groups is 2. The summed E-state index contributed by atoms with van der Waals surface area (Å²) in [7, 11) is 0. The van der Waals surface area contributed by atoms with E-state index >= 15 is 0 Å². The summed E-state index contributed by atoms with van der Waals surface area (Å²) in [5.74, 6) is 1.60. The Labute approximate surface area is 127 Å². The highest BCUT2D eigenvalue weighted by atomic mass is 32.2. The van der Waals surface area contributed by atoms with E-state index in [4.69, 9.17) is 0 Å². The van der Waals surface area contributed by atoms with E-state index in [9.17, 15) is 9.59 Å². The lowest BCUT2D eigenvalue weighted by Gasteiger charge is -2.10.